The molecule has 1 heterocycles. The molecule has 1 aromatic carbocycles. The molecule has 2 amide bonds. The second-order valence-electron chi connectivity index (χ2n) is 6.68. The molecule has 0 spiro atoms. The van der Waals surface area contributed by atoms with Gasteiger partial charge in [-0.2, -0.15) is 17.5 Å². The van der Waals surface area contributed by atoms with Gasteiger partial charge < -0.3 is 10.6 Å². The summed E-state index contributed by atoms with van der Waals surface area (Å²) in [4.78, 5) is 24.1. The van der Waals surface area contributed by atoms with Gasteiger partial charge in [-0.3, -0.25) is 9.59 Å². The second-order valence-corrected chi connectivity index (χ2v) is 8.62. The fraction of sp³-hybridized carbons (Fsp3) is 0.556. The quantitative estimate of drug-likeness (QED) is 0.639. The number of rotatable bonds is 7. The van der Waals surface area contributed by atoms with Gasteiger partial charge >= 0.3 is 6.18 Å². The number of alkyl halides is 3. The van der Waals surface area contributed by atoms with Crippen LogP contribution in [0.5, 0.6) is 0 Å². The van der Waals surface area contributed by atoms with Crippen molar-refractivity contribution in [1.82, 2.24) is 14.9 Å². The van der Waals surface area contributed by atoms with Crippen molar-refractivity contribution in [2.75, 3.05) is 13.1 Å². The molecule has 0 saturated carbocycles. The molecule has 1 fully saturated rings. The Hall–Kier alpha value is -2.14. The van der Waals surface area contributed by atoms with Crippen LogP contribution in [0.2, 0.25) is 0 Å². The Morgan fingerprint density at radius 3 is 2.24 bits per heavy atom. The van der Waals surface area contributed by atoms with E-state index < -0.39 is 40.0 Å². The van der Waals surface area contributed by atoms with Gasteiger partial charge in [-0.1, -0.05) is 26.0 Å². The average Bonchev–Trinajstić information content (AvgIpc) is 2.66. The van der Waals surface area contributed by atoms with E-state index in [-0.39, 0.29) is 24.3 Å². The lowest BCUT2D eigenvalue weighted by Crippen LogP contribution is -2.54. The van der Waals surface area contributed by atoms with Gasteiger partial charge in [0.15, 0.2) is 0 Å². The first-order valence-electron chi connectivity index (χ1n) is 9.24. The van der Waals surface area contributed by atoms with Gasteiger partial charge in [-0.05, 0) is 30.5 Å². The molecule has 0 radical (unpaired) electrons. The number of nitrogens with zero attached hydrogens (tertiary/aromatic N) is 1. The Bertz CT molecular complexity index is 837. The summed E-state index contributed by atoms with van der Waals surface area (Å²) in [5.74, 6) is -2.80. The van der Waals surface area contributed by atoms with Crippen LogP contribution in [0.1, 0.15) is 32.3 Å². The Morgan fingerprint density at radius 2 is 1.76 bits per heavy atom. The molecule has 11 heteroatoms. The Morgan fingerprint density at radius 1 is 1.17 bits per heavy atom. The van der Waals surface area contributed by atoms with Gasteiger partial charge in [0.25, 0.3) is 0 Å². The van der Waals surface area contributed by atoms with Gasteiger partial charge in [0.1, 0.15) is 12.0 Å². The van der Waals surface area contributed by atoms with E-state index in [2.05, 4.69) is 5.32 Å². The molecule has 1 aliphatic heterocycles. The summed E-state index contributed by atoms with van der Waals surface area (Å²) in [5.41, 5.74) is 0.598. The standard InChI is InChI=1S/C18H24F3N3O4S/c1-3-24(4-2)29(27,28)13-7-5-12(6-8-13)11-22-16(25)14-9-10-15(18(19,20)21)23-17(14)26/h5-8,14-15H,3-4,9-11H2,1-2H3,(H,22,25)(H,23,26)/t14-,15-/m1/s1. The van der Waals surface area contributed by atoms with Crippen molar-refractivity contribution < 1.29 is 31.2 Å². The molecule has 1 aliphatic rings. The van der Waals surface area contributed by atoms with Crippen molar-refractivity contribution in [2.45, 2.75) is 50.3 Å². The van der Waals surface area contributed by atoms with Crippen LogP contribution in [-0.4, -0.2) is 49.8 Å². The van der Waals surface area contributed by atoms with Gasteiger partial charge in [0.05, 0.1) is 4.90 Å². The van der Waals surface area contributed by atoms with Crippen molar-refractivity contribution in [3.63, 3.8) is 0 Å². The summed E-state index contributed by atoms with van der Waals surface area (Å²) < 4.78 is 64.2. The van der Waals surface area contributed by atoms with Crippen molar-refractivity contribution in [3.8, 4) is 0 Å². The fourth-order valence-electron chi connectivity index (χ4n) is 3.11. The lowest BCUT2D eigenvalue weighted by atomic mass is 9.93. The maximum Gasteiger partial charge on any atom is 0.408 e. The molecule has 7 nitrogen and oxygen atoms in total. The molecule has 2 atom stereocenters. The molecule has 0 aliphatic carbocycles. The van der Waals surface area contributed by atoms with E-state index in [1.807, 2.05) is 5.32 Å². The highest BCUT2D eigenvalue weighted by molar-refractivity contribution is 7.89. The van der Waals surface area contributed by atoms with E-state index in [4.69, 9.17) is 0 Å². The number of amides is 2. The minimum atomic E-state index is -4.54. The van der Waals surface area contributed by atoms with E-state index in [9.17, 15) is 31.2 Å². The zero-order valence-electron chi connectivity index (χ0n) is 16.1. The molecule has 0 bridgehead atoms. The Balaban J connectivity index is 1.95. The van der Waals surface area contributed by atoms with E-state index in [1.54, 1.807) is 13.8 Å². The second kappa shape index (κ2) is 9.12. The number of hydrogen-bond donors (Lipinski definition) is 2. The monoisotopic (exact) mass is 435 g/mol. The van der Waals surface area contributed by atoms with Crippen LogP contribution in [0, 0.1) is 5.92 Å². The predicted molar refractivity (Wildman–Crippen MR) is 99.1 cm³/mol. The lowest BCUT2D eigenvalue weighted by molar-refractivity contribution is -0.171. The Labute approximate surface area is 167 Å². The van der Waals surface area contributed by atoms with E-state index >= 15 is 0 Å². The largest absolute Gasteiger partial charge is 0.408 e. The van der Waals surface area contributed by atoms with Crippen molar-refractivity contribution in [3.05, 3.63) is 29.8 Å². The van der Waals surface area contributed by atoms with Crippen LogP contribution in [-0.2, 0) is 26.2 Å². The van der Waals surface area contributed by atoms with Crippen LogP contribution in [0.15, 0.2) is 29.2 Å². The highest BCUT2D eigenvalue weighted by atomic mass is 32.2. The first-order chi connectivity index (χ1) is 13.5. The Kier molecular flexibility index (Phi) is 7.28. The minimum Gasteiger partial charge on any atom is -0.351 e. The fourth-order valence-corrected chi connectivity index (χ4v) is 4.57. The first kappa shape index (κ1) is 23.1. The van der Waals surface area contributed by atoms with E-state index in [0.29, 0.717) is 18.7 Å². The topological polar surface area (TPSA) is 95.6 Å². The molecule has 2 N–H and O–H groups in total. The lowest BCUT2D eigenvalue weighted by Gasteiger charge is -2.29. The number of halogens is 3. The van der Waals surface area contributed by atoms with E-state index in [1.165, 1.54) is 28.6 Å². The predicted octanol–water partition coefficient (Wildman–Crippen LogP) is 1.79. The highest BCUT2D eigenvalue weighted by Gasteiger charge is 2.45. The molecule has 1 saturated heterocycles. The highest BCUT2D eigenvalue weighted by Crippen LogP contribution is 2.28. The molecule has 0 unspecified atom stereocenters. The zero-order valence-corrected chi connectivity index (χ0v) is 16.9. The number of carbonyl (C=O) groups excluding carboxylic acids is 2. The van der Waals surface area contributed by atoms with Gasteiger partial charge in [-0.15, -0.1) is 0 Å². The third-order valence-electron chi connectivity index (χ3n) is 4.82. The summed E-state index contributed by atoms with van der Waals surface area (Å²) in [6.45, 7) is 4.19. The summed E-state index contributed by atoms with van der Waals surface area (Å²) in [6, 6.07) is 4.00. The molecule has 29 heavy (non-hydrogen) atoms. The molecule has 0 aromatic heterocycles. The minimum absolute atomic E-state index is 0.0247. The van der Waals surface area contributed by atoms with Crippen molar-refractivity contribution in [2.24, 2.45) is 5.92 Å². The number of sulfonamides is 1. The molecule has 162 valence electrons. The summed E-state index contributed by atoms with van der Waals surface area (Å²) in [7, 11) is -3.59. The SMILES string of the molecule is CCN(CC)S(=O)(=O)c1ccc(CNC(=O)[C@H]2CC[C@H](C(F)(F)F)NC2=O)cc1. The van der Waals surface area contributed by atoms with Crippen LogP contribution in [0.25, 0.3) is 0 Å². The number of hydrogen-bond acceptors (Lipinski definition) is 4. The smallest absolute Gasteiger partial charge is 0.351 e. The molecular weight excluding hydrogens is 411 g/mol. The first-order valence-corrected chi connectivity index (χ1v) is 10.7. The summed E-state index contributed by atoms with van der Waals surface area (Å²) in [5, 5.41) is 4.35. The van der Waals surface area contributed by atoms with Crippen LogP contribution < -0.4 is 10.6 Å². The maximum atomic E-state index is 12.7. The molecule has 2 rings (SSSR count). The maximum absolute atomic E-state index is 12.7. The summed E-state index contributed by atoms with van der Waals surface area (Å²) >= 11 is 0. The summed E-state index contributed by atoms with van der Waals surface area (Å²) in [6.07, 6.45) is -5.08. The number of benzene rings is 1. The zero-order chi connectivity index (χ0) is 21.8. The normalized spacial score (nSPS) is 20.4. The number of carbonyl (C=O) groups is 2. The molecular formula is C18H24F3N3O4S. The van der Waals surface area contributed by atoms with Crippen LogP contribution >= 0.6 is 0 Å². The van der Waals surface area contributed by atoms with Gasteiger partial charge in [0, 0.05) is 19.6 Å². The molecule has 1 aromatic rings. The number of piperidine rings is 1. The van der Waals surface area contributed by atoms with Gasteiger partial charge in [0.2, 0.25) is 21.8 Å². The van der Waals surface area contributed by atoms with Crippen molar-refractivity contribution in [1.29, 1.82) is 0 Å². The van der Waals surface area contributed by atoms with Crippen LogP contribution in [0.3, 0.4) is 0 Å². The van der Waals surface area contributed by atoms with Crippen LogP contribution in [0.4, 0.5) is 13.2 Å². The number of nitrogens with one attached hydrogen (secondary N) is 2. The average molecular weight is 435 g/mol. The van der Waals surface area contributed by atoms with E-state index in [0.717, 1.165) is 0 Å². The third kappa shape index (κ3) is 5.47. The third-order valence-corrected chi connectivity index (χ3v) is 6.89. The van der Waals surface area contributed by atoms with Gasteiger partial charge in [-0.25, -0.2) is 8.42 Å². The van der Waals surface area contributed by atoms with Crippen molar-refractivity contribution >= 4 is 21.8 Å².